The van der Waals surface area contributed by atoms with Crippen molar-refractivity contribution in [2.75, 3.05) is 30.5 Å². The molecule has 0 radical (unpaired) electrons. The van der Waals surface area contributed by atoms with Gasteiger partial charge in [-0.15, -0.1) is 0 Å². The summed E-state index contributed by atoms with van der Waals surface area (Å²) in [5.41, 5.74) is 3.68. The van der Waals surface area contributed by atoms with Crippen LogP contribution in [-0.2, 0) is 27.5 Å². The molecule has 3 aromatic rings. The minimum atomic E-state index is -3.03. The molecule has 0 saturated heterocycles. The first-order valence-electron chi connectivity index (χ1n) is 12.0. The number of ether oxygens (including phenoxy) is 1. The molecular formula is C25H33N5O4S. The lowest BCUT2D eigenvalue weighted by Crippen LogP contribution is -2.35. The standard InChI is InChI=1S/C25H33N5O4S/c1-16(2)14-34-21-8-5-4-7-20(21)30-24-22-18-13-17(25(31)26-11-6-12-35(3,32)33)9-10-19(18)29-23(22)27-15-28-24/h4-5,7-8,15-17H,6,9-14H2,1-3H3,(H,26,31)(H2,27,28,29,30). The minimum absolute atomic E-state index is 0.0442. The molecule has 35 heavy (non-hydrogen) atoms. The van der Waals surface area contributed by atoms with E-state index in [0.717, 1.165) is 46.6 Å². The van der Waals surface area contributed by atoms with E-state index in [-0.39, 0.29) is 17.6 Å². The lowest BCUT2D eigenvalue weighted by atomic mass is 9.86. The number of carbonyl (C=O) groups excluding carboxylic acids is 1. The number of H-pyrrole nitrogens is 1. The van der Waals surface area contributed by atoms with Gasteiger partial charge < -0.3 is 20.4 Å². The van der Waals surface area contributed by atoms with Crippen LogP contribution in [0.4, 0.5) is 11.5 Å². The Morgan fingerprint density at radius 2 is 2.06 bits per heavy atom. The van der Waals surface area contributed by atoms with Gasteiger partial charge in [0.05, 0.1) is 23.4 Å². The Kier molecular flexibility index (Phi) is 7.59. The molecule has 0 aliphatic heterocycles. The first kappa shape index (κ1) is 25.0. The molecule has 3 N–H and O–H groups in total. The zero-order valence-electron chi connectivity index (χ0n) is 20.4. The van der Waals surface area contributed by atoms with E-state index in [1.165, 1.54) is 12.6 Å². The second-order valence-electron chi connectivity index (χ2n) is 9.57. The molecule has 0 saturated carbocycles. The second-order valence-corrected chi connectivity index (χ2v) is 11.8. The molecule has 2 aromatic heterocycles. The van der Waals surface area contributed by atoms with E-state index in [0.29, 0.717) is 37.7 Å². The molecule has 0 spiro atoms. The Hall–Kier alpha value is -3.14. The lowest BCUT2D eigenvalue weighted by Gasteiger charge is -2.22. The average Bonchev–Trinajstić information content (AvgIpc) is 3.19. The SMILES string of the molecule is CC(C)COc1ccccc1Nc1ncnc2[nH]c3c(c12)CC(C(=O)NCCCS(C)(=O)=O)CC3. The van der Waals surface area contributed by atoms with Gasteiger partial charge in [0.15, 0.2) is 0 Å². The summed E-state index contributed by atoms with van der Waals surface area (Å²) in [6, 6.07) is 7.77. The summed E-state index contributed by atoms with van der Waals surface area (Å²) in [4.78, 5) is 25.2. The maximum absolute atomic E-state index is 12.8. The third-order valence-corrected chi connectivity index (χ3v) is 7.08. The van der Waals surface area contributed by atoms with E-state index in [4.69, 9.17) is 4.74 Å². The Morgan fingerprint density at radius 1 is 1.26 bits per heavy atom. The Balaban J connectivity index is 1.53. The highest BCUT2D eigenvalue weighted by Crippen LogP contribution is 2.36. The van der Waals surface area contributed by atoms with Crippen molar-refractivity contribution in [2.24, 2.45) is 11.8 Å². The molecule has 1 aliphatic rings. The van der Waals surface area contributed by atoms with Crippen LogP contribution in [0.3, 0.4) is 0 Å². The number of para-hydroxylation sites is 2. The molecule has 10 heteroatoms. The normalized spacial score (nSPS) is 15.7. The second kappa shape index (κ2) is 10.6. The van der Waals surface area contributed by atoms with Crippen LogP contribution in [0.15, 0.2) is 30.6 Å². The van der Waals surface area contributed by atoms with E-state index in [1.807, 2.05) is 24.3 Å². The molecule has 9 nitrogen and oxygen atoms in total. The summed E-state index contributed by atoms with van der Waals surface area (Å²) in [5, 5.41) is 7.21. The topological polar surface area (TPSA) is 126 Å². The number of rotatable bonds is 10. The zero-order chi connectivity index (χ0) is 25.0. The number of fused-ring (bicyclic) bond motifs is 3. The number of carbonyl (C=O) groups is 1. The van der Waals surface area contributed by atoms with Crippen LogP contribution in [0.5, 0.6) is 5.75 Å². The number of aromatic amines is 1. The molecule has 0 bridgehead atoms. The predicted octanol–water partition coefficient (Wildman–Crippen LogP) is 3.39. The first-order chi connectivity index (χ1) is 16.7. The van der Waals surface area contributed by atoms with E-state index in [1.54, 1.807) is 0 Å². The van der Waals surface area contributed by atoms with Crippen LogP contribution in [0.25, 0.3) is 11.0 Å². The summed E-state index contributed by atoms with van der Waals surface area (Å²) in [5.74, 6) is 1.66. The van der Waals surface area contributed by atoms with E-state index in [9.17, 15) is 13.2 Å². The van der Waals surface area contributed by atoms with Gasteiger partial charge in [-0.2, -0.15) is 0 Å². The molecule has 1 aliphatic carbocycles. The summed E-state index contributed by atoms with van der Waals surface area (Å²) >= 11 is 0. The van der Waals surface area contributed by atoms with Crippen molar-refractivity contribution < 1.29 is 17.9 Å². The van der Waals surface area contributed by atoms with E-state index in [2.05, 4.69) is 39.4 Å². The molecule has 1 unspecified atom stereocenters. The van der Waals surface area contributed by atoms with Crippen LogP contribution in [0, 0.1) is 11.8 Å². The number of hydrogen-bond acceptors (Lipinski definition) is 7. The molecule has 2 heterocycles. The van der Waals surface area contributed by atoms with Gasteiger partial charge in [0.25, 0.3) is 0 Å². The van der Waals surface area contributed by atoms with Gasteiger partial charge in [0.2, 0.25) is 5.91 Å². The smallest absolute Gasteiger partial charge is 0.223 e. The summed E-state index contributed by atoms with van der Waals surface area (Å²) in [7, 11) is -3.03. The average molecular weight is 500 g/mol. The molecule has 1 amide bonds. The van der Waals surface area contributed by atoms with Crippen molar-refractivity contribution in [3.05, 3.63) is 41.9 Å². The fourth-order valence-corrected chi connectivity index (χ4v) is 5.00. The molecule has 1 aromatic carbocycles. The Bertz CT molecular complexity index is 1300. The third kappa shape index (κ3) is 6.30. The van der Waals surface area contributed by atoms with Gasteiger partial charge >= 0.3 is 0 Å². The quantitative estimate of drug-likeness (QED) is 0.365. The number of sulfone groups is 1. The van der Waals surface area contributed by atoms with Crippen molar-refractivity contribution in [2.45, 2.75) is 39.5 Å². The summed E-state index contributed by atoms with van der Waals surface area (Å²) in [6.07, 6.45) is 5.17. The Labute approximate surface area is 206 Å². The van der Waals surface area contributed by atoms with Crippen molar-refractivity contribution >= 4 is 38.3 Å². The molecule has 0 fully saturated rings. The Morgan fingerprint density at radius 3 is 2.83 bits per heavy atom. The minimum Gasteiger partial charge on any atom is -0.491 e. The van der Waals surface area contributed by atoms with Gasteiger partial charge in [0, 0.05) is 24.4 Å². The highest BCUT2D eigenvalue weighted by atomic mass is 32.2. The molecule has 4 rings (SSSR count). The van der Waals surface area contributed by atoms with Gasteiger partial charge in [-0.25, -0.2) is 18.4 Å². The van der Waals surface area contributed by atoms with Crippen molar-refractivity contribution in [3.63, 3.8) is 0 Å². The lowest BCUT2D eigenvalue weighted by molar-refractivity contribution is -0.125. The van der Waals surface area contributed by atoms with Crippen molar-refractivity contribution in [3.8, 4) is 5.75 Å². The number of nitrogens with zero attached hydrogens (tertiary/aromatic N) is 2. The molecular weight excluding hydrogens is 466 g/mol. The van der Waals surface area contributed by atoms with Gasteiger partial charge in [0.1, 0.15) is 33.4 Å². The van der Waals surface area contributed by atoms with Crippen molar-refractivity contribution in [1.29, 1.82) is 0 Å². The van der Waals surface area contributed by atoms with Crippen LogP contribution >= 0.6 is 0 Å². The maximum atomic E-state index is 12.8. The summed E-state index contributed by atoms with van der Waals surface area (Å²) < 4.78 is 28.6. The number of benzene rings is 1. The number of aromatic nitrogens is 3. The summed E-state index contributed by atoms with van der Waals surface area (Å²) in [6.45, 7) is 5.17. The number of aryl methyl sites for hydroxylation is 1. The van der Waals surface area contributed by atoms with Crippen molar-refractivity contribution in [1.82, 2.24) is 20.3 Å². The highest BCUT2D eigenvalue weighted by molar-refractivity contribution is 7.90. The van der Waals surface area contributed by atoms with E-state index < -0.39 is 9.84 Å². The fourth-order valence-electron chi connectivity index (χ4n) is 4.33. The zero-order valence-corrected chi connectivity index (χ0v) is 21.2. The molecule has 1 atom stereocenters. The van der Waals surface area contributed by atoms with Crippen LogP contribution in [0.2, 0.25) is 0 Å². The predicted molar refractivity (Wildman–Crippen MR) is 137 cm³/mol. The number of anilines is 2. The van der Waals surface area contributed by atoms with Gasteiger partial charge in [-0.3, -0.25) is 4.79 Å². The van der Waals surface area contributed by atoms with Crippen LogP contribution < -0.4 is 15.4 Å². The van der Waals surface area contributed by atoms with Gasteiger partial charge in [-0.1, -0.05) is 26.0 Å². The number of hydrogen-bond donors (Lipinski definition) is 3. The number of amides is 1. The molecule has 188 valence electrons. The van der Waals surface area contributed by atoms with Gasteiger partial charge in [-0.05, 0) is 49.3 Å². The highest BCUT2D eigenvalue weighted by Gasteiger charge is 2.29. The maximum Gasteiger partial charge on any atom is 0.223 e. The van der Waals surface area contributed by atoms with Crippen LogP contribution in [-0.4, -0.2) is 54.4 Å². The van der Waals surface area contributed by atoms with Crippen LogP contribution in [0.1, 0.15) is 37.9 Å². The third-order valence-electron chi connectivity index (χ3n) is 6.05. The number of nitrogens with one attached hydrogen (secondary N) is 3. The first-order valence-corrected chi connectivity index (χ1v) is 14.1. The monoisotopic (exact) mass is 499 g/mol. The van der Waals surface area contributed by atoms with E-state index >= 15 is 0 Å². The largest absolute Gasteiger partial charge is 0.491 e. The fraction of sp³-hybridized carbons (Fsp3) is 0.480.